The molecule has 0 aromatic carbocycles. The summed E-state index contributed by atoms with van der Waals surface area (Å²) in [7, 11) is 9.75. The number of nitrogens with one attached hydrogen (secondary N) is 1. The van der Waals surface area contributed by atoms with E-state index in [9.17, 15) is 0 Å². The fourth-order valence-corrected chi connectivity index (χ4v) is 0.513. The van der Waals surface area contributed by atoms with E-state index < -0.39 is 16.5 Å². The molecular formula is C6H10Cl2N2Pt. The molecule has 68 valence electrons. The van der Waals surface area contributed by atoms with Gasteiger partial charge in [-0.3, -0.25) is 0 Å². The van der Waals surface area contributed by atoms with Crippen LogP contribution in [-0.4, -0.2) is 5.71 Å². The minimum atomic E-state index is -0.472. The zero-order valence-corrected chi connectivity index (χ0v) is 9.58. The van der Waals surface area contributed by atoms with Crippen LogP contribution in [0.3, 0.4) is 0 Å². The zero-order valence-electron chi connectivity index (χ0n) is 5.80. The molecule has 0 unspecified atom stereocenters. The normalized spacial score (nSPS) is 13.5. The summed E-state index contributed by atoms with van der Waals surface area (Å²) >= 11 is -0.472. The van der Waals surface area contributed by atoms with Gasteiger partial charge in [0.2, 0.25) is 0 Å². The molecule has 1 rings (SSSR count). The molecule has 1 aliphatic rings. The van der Waals surface area contributed by atoms with Gasteiger partial charge in [-0.15, -0.1) is 0 Å². The van der Waals surface area contributed by atoms with E-state index >= 15 is 0 Å². The standard InChI is InChI=1S/C6H7N.2ClH.H3N.Pt/c7-6-4-2-1-3-5-6;;;;/h1-4,7H,5H2;2*1H;1H3;/q;;;;+2/p-2. The van der Waals surface area contributed by atoms with Gasteiger partial charge in [0.25, 0.3) is 0 Å². The van der Waals surface area contributed by atoms with Gasteiger partial charge in [-0.1, -0.05) is 18.2 Å². The molecule has 1 aliphatic carbocycles. The maximum atomic E-state index is 7.05. The Morgan fingerprint density at radius 1 is 1.36 bits per heavy atom. The van der Waals surface area contributed by atoms with E-state index in [4.69, 9.17) is 24.2 Å². The molecular weight excluding hydrogens is 366 g/mol. The van der Waals surface area contributed by atoms with Crippen LogP contribution in [0.1, 0.15) is 6.42 Å². The van der Waals surface area contributed by atoms with Gasteiger partial charge in [-0.25, -0.2) is 0 Å². The third-order valence-electron chi connectivity index (χ3n) is 0.882. The Bertz CT molecular complexity index is 157. The Hall–Kier alpha value is 0.378. The van der Waals surface area contributed by atoms with E-state index in [1.54, 1.807) is 6.08 Å². The molecule has 11 heavy (non-hydrogen) atoms. The summed E-state index contributed by atoms with van der Waals surface area (Å²) in [5, 5.41) is 7.05. The van der Waals surface area contributed by atoms with Crippen molar-refractivity contribution in [3.05, 3.63) is 24.3 Å². The molecule has 5 heteroatoms. The van der Waals surface area contributed by atoms with Crippen molar-refractivity contribution in [2.45, 2.75) is 6.42 Å². The van der Waals surface area contributed by atoms with Gasteiger partial charge in [-0.2, -0.15) is 0 Å². The van der Waals surface area contributed by atoms with Crippen LogP contribution in [0, 0.1) is 5.41 Å². The van der Waals surface area contributed by atoms with Crippen LogP contribution < -0.4 is 6.15 Å². The topological polar surface area (TPSA) is 58.9 Å². The van der Waals surface area contributed by atoms with Crippen molar-refractivity contribution in [3.63, 3.8) is 0 Å². The molecule has 0 bridgehead atoms. The van der Waals surface area contributed by atoms with E-state index in [0.29, 0.717) is 5.71 Å². The molecule has 0 heterocycles. The van der Waals surface area contributed by atoms with Crippen LogP contribution in [0.15, 0.2) is 24.3 Å². The van der Waals surface area contributed by atoms with Crippen molar-refractivity contribution < 1.29 is 16.5 Å². The molecule has 4 N–H and O–H groups in total. The molecule has 0 saturated heterocycles. The van der Waals surface area contributed by atoms with E-state index in [1.807, 2.05) is 18.2 Å². The summed E-state index contributed by atoms with van der Waals surface area (Å²) in [4.78, 5) is 0. The fourth-order valence-electron chi connectivity index (χ4n) is 0.513. The predicted octanol–water partition coefficient (Wildman–Crippen LogP) is 3.06. The van der Waals surface area contributed by atoms with Gasteiger partial charge in [0, 0.05) is 12.1 Å². The molecule has 0 amide bonds. The van der Waals surface area contributed by atoms with Crippen molar-refractivity contribution in [1.29, 1.82) is 5.41 Å². The van der Waals surface area contributed by atoms with E-state index in [1.165, 1.54) is 0 Å². The second-order valence-corrected chi connectivity index (χ2v) is 4.84. The molecule has 0 spiro atoms. The van der Waals surface area contributed by atoms with Gasteiger partial charge >= 0.3 is 35.3 Å². The molecule has 2 nitrogen and oxygen atoms in total. The van der Waals surface area contributed by atoms with E-state index in [2.05, 4.69) is 0 Å². The van der Waals surface area contributed by atoms with Gasteiger partial charge in [0.15, 0.2) is 0 Å². The zero-order chi connectivity index (χ0) is 7.82. The maximum absolute atomic E-state index is 7.05. The average Bonchev–Trinajstić information content (AvgIpc) is 1.91. The van der Waals surface area contributed by atoms with Crippen molar-refractivity contribution in [2.75, 3.05) is 0 Å². The van der Waals surface area contributed by atoms with Crippen LogP contribution in [-0.2, 0) is 16.5 Å². The quantitative estimate of drug-likeness (QED) is 0.671. The van der Waals surface area contributed by atoms with Crippen LogP contribution in [0.5, 0.6) is 0 Å². The second-order valence-electron chi connectivity index (χ2n) is 1.56. The number of allylic oxidation sites excluding steroid dienone is 4. The summed E-state index contributed by atoms with van der Waals surface area (Å²) in [5.74, 6) is 0. The molecule has 0 fully saturated rings. The molecule has 0 aromatic rings. The Labute approximate surface area is 83.1 Å². The Morgan fingerprint density at radius 2 is 1.91 bits per heavy atom. The molecule has 0 aromatic heterocycles. The Morgan fingerprint density at radius 3 is 2.09 bits per heavy atom. The summed E-state index contributed by atoms with van der Waals surface area (Å²) in [6, 6.07) is 0. The van der Waals surface area contributed by atoms with Gasteiger partial charge in [-0.05, 0) is 6.08 Å². The van der Waals surface area contributed by atoms with Crippen molar-refractivity contribution in [1.82, 2.24) is 6.15 Å². The number of halogens is 2. The van der Waals surface area contributed by atoms with Crippen molar-refractivity contribution in [2.24, 2.45) is 0 Å². The first-order chi connectivity index (χ1) is 4.81. The van der Waals surface area contributed by atoms with Crippen LogP contribution >= 0.6 is 18.8 Å². The molecule has 0 radical (unpaired) electrons. The second kappa shape index (κ2) is 10.4. The summed E-state index contributed by atoms with van der Waals surface area (Å²) in [5.41, 5.74) is 0.697. The average molecular weight is 376 g/mol. The van der Waals surface area contributed by atoms with E-state index in [0.717, 1.165) is 6.42 Å². The van der Waals surface area contributed by atoms with Crippen LogP contribution in [0.4, 0.5) is 0 Å². The van der Waals surface area contributed by atoms with Gasteiger partial charge < -0.3 is 11.6 Å². The first kappa shape index (κ1) is 13.9. The molecule has 0 atom stereocenters. The first-order valence-electron chi connectivity index (χ1n) is 2.54. The Kier molecular flexibility index (Phi) is 13.1. The SMILES string of the molecule is N.N=C1C=CC=CC1.[Cl][Pt][Cl]. The summed E-state index contributed by atoms with van der Waals surface area (Å²) < 4.78 is 0. The summed E-state index contributed by atoms with van der Waals surface area (Å²) in [6.45, 7) is 0. The third-order valence-corrected chi connectivity index (χ3v) is 0.882. The van der Waals surface area contributed by atoms with Gasteiger partial charge in [0.1, 0.15) is 0 Å². The molecule has 0 saturated carbocycles. The fraction of sp³-hybridized carbons (Fsp3) is 0.167. The predicted molar refractivity (Wildman–Crippen MR) is 47.4 cm³/mol. The van der Waals surface area contributed by atoms with Crippen LogP contribution in [0.2, 0.25) is 0 Å². The van der Waals surface area contributed by atoms with Gasteiger partial charge in [0.05, 0.1) is 0 Å². The summed E-state index contributed by atoms with van der Waals surface area (Å²) in [6.07, 6.45) is 8.42. The monoisotopic (exact) mass is 375 g/mol. The third kappa shape index (κ3) is 10.4. The van der Waals surface area contributed by atoms with Crippen molar-refractivity contribution >= 4 is 24.5 Å². The number of rotatable bonds is 0. The van der Waals surface area contributed by atoms with Crippen molar-refractivity contribution in [3.8, 4) is 0 Å². The van der Waals surface area contributed by atoms with E-state index in [-0.39, 0.29) is 6.15 Å². The molecule has 0 aliphatic heterocycles. The van der Waals surface area contributed by atoms with Crippen LogP contribution in [0.25, 0.3) is 0 Å². The Balaban J connectivity index is 0. The number of hydrogen-bond donors (Lipinski definition) is 2. The minimum absolute atomic E-state index is 0. The number of hydrogen-bond acceptors (Lipinski definition) is 2. The first-order valence-corrected chi connectivity index (χ1v) is 8.17.